The van der Waals surface area contributed by atoms with Gasteiger partial charge in [0.15, 0.2) is 0 Å². The van der Waals surface area contributed by atoms with E-state index >= 15 is 0 Å². The fourth-order valence-electron chi connectivity index (χ4n) is 2.77. The van der Waals surface area contributed by atoms with Gasteiger partial charge in [0.1, 0.15) is 5.82 Å². The smallest absolute Gasteiger partial charge is 0.466 e. The van der Waals surface area contributed by atoms with Crippen LogP contribution in [0.2, 0.25) is 0 Å². The molecule has 0 aliphatic carbocycles. The average Bonchev–Trinajstić information content (AvgIpc) is 2.74. The lowest BCUT2D eigenvalue weighted by molar-refractivity contribution is -0.143. The number of hydrogen-bond acceptors (Lipinski definition) is 5. The summed E-state index contributed by atoms with van der Waals surface area (Å²) in [5.41, 5.74) is 2.27. The predicted molar refractivity (Wildman–Crippen MR) is 95.3 cm³/mol. The van der Waals surface area contributed by atoms with E-state index < -0.39 is 59.9 Å². The highest BCUT2D eigenvalue weighted by molar-refractivity contribution is 6.62. The van der Waals surface area contributed by atoms with E-state index in [1.807, 2.05) is 0 Å². The summed E-state index contributed by atoms with van der Waals surface area (Å²) in [4.78, 5) is 11.6. The molecule has 0 radical (unpaired) electrons. The highest BCUT2D eigenvalue weighted by Gasteiger charge is 2.52. The van der Waals surface area contributed by atoms with Crippen molar-refractivity contribution in [2.45, 2.75) is 64.5 Å². The van der Waals surface area contributed by atoms with Crippen molar-refractivity contribution >= 4 is 18.6 Å². The number of rotatable bonds is 5. The Labute approximate surface area is 161 Å². The van der Waals surface area contributed by atoms with Gasteiger partial charge in [0.2, 0.25) is 0 Å². The van der Waals surface area contributed by atoms with Crippen LogP contribution in [0.5, 0.6) is 0 Å². The fourth-order valence-corrected chi connectivity index (χ4v) is 2.77. The molecular formula is C18H24BF4NO4. The molecule has 1 aliphatic heterocycles. The highest BCUT2D eigenvalue weighted by Crippen LogP contribution is 2.38. The molecule has 1 atom stereocenters. The summed E-state index contributed by atoms with van der Waals surface area (Å²) >= 11 is 0. The first kappa shape index (κ1) is 22.6. The van der Waals surface area contributed by atoms with Gasteiger partial charge in [-0.25, -0.2) is 4.39 Å². The first-order valence-electron chi connectivity index (χ1n) is 8.87. The number of halogens is 4. The first-order valence-corrected chi connectivity index (χ1v) is 8.87. The van der Waals surface area contributed by atoms with Crippen LogP contribution in [0.1, 0.15) is 58.2 Å². The Morgan fingerprint density at radius 1 is 1.21 bits per heavy atom. The van der Waals surface area contributed by atoms with Gasteiger partial charge in [-0.15, -0.1) is 0 Å². The predicted octanol–water partition coefficient (Wildman–Crippen LogP) is 3.10. The molecule has 1 saturated heterocycles. The van der Waals surface area contributed by atoms with Crippen molar-refractivity contribution in [2.24, 2.45) is 5.73 Å². The second kappa shape index (κ2) is 7.64. The minimum Gasteiger partial charge on any atom is -0.466 e. The third-order valence-electron chi connectivity index (χ3n) is 5.05. The maximum atomic E-state index is 14.6. The molecule has 5 nitrogen and oxygen atoms in total. The Bertz CT molecular complexity index is 736. The molecule has 10 heteroatoms. The second-order valence-corrected chi connectivity index (χ2v) is 7.67. The zero-order valence-corrected chi connectivity index (χ0v) is 16.4. The Hall–Kier alpha value is -1.65. The van der Waals surface area contributed by atoms with Gasteiger partial charge in [0.25, 0.3) is 0 Å². The summed E-state index contributed by atoms with van der Waals surface area (Å²) in [6.45, 7) is 8.63. The van der Waals surface area contributed by atoms with E-state index in [1.165, 1.54) is 0 Å². The molecule has 1 aromatic rings. The summed E-state index contributed by atoms with van der Waals surface area (Å²) in [5, 5.41) is 0. The van der Waals surface area contributed by atoms with E-state index in [9.17, 15) is 22.4 Å². The molecule has 28 heavy (non-hydrogen) atoms. The van der Waals surface area contributed by atoms with Crippen LogP contribution < -0.4 is 11.2 Å². The normalized spacial score (nSPS) is 19.6. The molecular weight excluding hydrogens is 381 g/mol. The zero-order chi connectivity index (χ0) is 21.5. The van der Waals surface area contributed by atoms with Gasteiger partial charge in [-0.2, -0.15) is 13.2 Å². The third kappa shape index (κ3) is 4.50. The van der Waals surface area contributed by atoms with Crippen molar-refractivity contribution in [3.8, 4) is 0 Å². The van der Waals surface area contributed by atoms with E-state index in [0.29, 0.717) is 6.07 Å². The SMILES string of the molecule is CCOC(=O)C[C@H](N)c1cc(B2OC(C)(C)C(C)(C)O2)cc(C(F)(F)F)c1F. The van der Waals surface area contributed by atoms with Gasteiger partial charge in [-0.1, -0.05) is 6.07 Å². The van der Waals surface area contributed by atoms with Crippen LogP contribution in [0.15, 0.2) is 12.1 Å². The number of esters is 1. The van der Waals surface area contributed by atoms with E-state index in [-0.39, 0.29) is 12.1 Å². The number of carbonyl (C=O) groups excluding carboxylic acids is 1. The van der Waals surface area contributed by atoms with Gasteiger partial charge in [-0.3, -0.25) is 4.79 Å². The van der Waals surface area contributed by atoms with Crippen LogP contribution in [0.25, 0.3) is 0 Å². The zero-order valence-electron chi connectivity index (χ0n) is 16.4. The topological polar surface area (TPSA) is 70.8 Å². The van der Waals surface area contributed by atoms with E-state index in [4.69, 9.17) is 19.8 Å². The molecule has 0 unspecified atom stereocenters. The molecule has 0 saturated carbocycles. The van der Waals surface area contributed by atoms with Crippen LogP contribution in [0.3, 0.4) is 0 Å². The summed E-state index contributed by atoms with van der Waals surface area (Å²) in [6, 6.07) is 0.483. The van der Waals surface area contributed by atoms with Gasteiger partial charge < -0.3 is 19.8 Å². The Kier molecular flexibility index (Phi) is 6.18. The average molecular weight is 405 g/mol. The monoisotopic (exact) mass is 405 g/mol. The molecule has 2 rings (SSSR count). The lowest BCUT2D eigenvalue weighted by Crippen LogP contribution is -2.41. The summed E-state index contributed by atoms with van der Waals surface area (Å²) < 4.78 is 71.0. The standard InChI is InChI=1S/C18H24BF4NO4/c1-6-26-14(25)9-13(24)11-7-10(8-12(15(11)20)18(21,22)23)19-27-16(2,3)17(4,5)28-19/h7-8,13H,6,9,24H2,1-5H3/t13-/m0/s1. The minimum absolute atomic E-state index is 0.0262. The van der Waals surface area contributed by atoms with Crippen molar-refractivity contribution < 1.29 is 36.4 Å². The summed E-state index contributed by atoms with van der Waals surface area (Å²) in [5.74, 6) is -2.26. The molecule has 0 amide bonds. The number of hydrogen-bond donors (Lipinski definition) is 1. The number of nitrogens with two attached hydrogens (primary N) is 1. The van der Waals surface area contributed by atoms with Gasteiger partial charge >= 0.3 is 19.3 Å². The van der Waals surface area contributed by atoms with Crippen LogP contribution >= 0.6 is 0 Å². The molecule has 1 aliphatic rings. The van der Waals surface area contributed by atoms with E-state index in [1.54, 1.807) is 34.6 Å². The van der Waals surface area contributed by atoms with Crippen LogP contribution in [-0.2, 0) is 25.0 Å². The third-order valence-corrected chi connectivity index (χ3v) is 5.05. The van der Waals surface area contributed by atoms with Crippen LogP contribution in [-0.4, -0.2) is 30.9 Å². The number of carbonyl (C=O) groups is 1. The highest BCUT2D eigenvalue weighted by atomic mass is 19.4. The fraction of sp³-hybridized carbons (Fsp3) is 0.611. The van der Waals surface area contributed by atoms with Crippen molar-refractivity contribution in [3.63, 3.8) is 0 Å². The second-order valence-electron chi connectivity index (χ2n) is 7.67. The molecule has 156 valence electrons. The Morgan fingerprint density at radius 2 is 1.75 bits per heavy atom. The molecule has 2 N–H and O–H groups in total. The maximum absolute atomic E-state index is 14.6. The first-order chi connectivity index (χ1) is 12.7. The van der Waals surface area contributed by atoms with Crippen molar-refractivity contribution in [1.29, 1.82) is 0 Å². The van der Waals surface area contributed by atoms with Crippen molar-refractivity contribution in [3.05, 3.63) is 29.1 Å². The quantitative estimate of drug-likeness (QED) is 0.463. The number of ether oxygens (including phenoxy) is 1. The largest absolute Gasteiger partial charge is 0.494 e. The van der Waals surface area contributed by atoms with Crippen LogP contribution in [0.4, 0.5) is 17.6 Å². The van der Waals surface area contributed by atoms with E-state index in [0.717, 1.165) is 6.07 Å². The summed E-state index contributed by atoms with van der Waals surface area (Å²) in [7, 11) is -1.14. The van der Waals surface area contributed by atoms with Gasteiger partial charge in [0, 0.05) is 11.6 Å². The van der Waals surface area contributed by atoms with Crippen LogP contribution in [0, 0.1) is 5.82 Å². The van der Waals surface area contributed by atoms with Crippen molar-refractivity contribution in [2.75, 3.05) is 6.61 Å². The molecule has 0 bridgehead atoms. The van der Waals surface area contributed by atoms with Gasteiger partial charge in [-0.05, 0) is 46.1 Å². The lowest BCUT2D eigenvalue weighted by Gasteiger charge is -2.32. The van der Waals surface area contributed by atoms with E-state index in [2.05, 4.69) is 0 Å². The Balaban J connectivity index is 2.49. The molecule has 1 aromatic carbocycles. The maximum Gasteiger partial charge on any atom is 0.494 e. The Morgan fingerprint density at radius 3 is 2.21 bits per heavy atom. The minimum atomic E-state index is -4.96. The molecule has 1 fully saturated rings. The lowest BCUT2D eigenvalue weighted by atomic mass is 9.76. The van der Waals surface area contributed by atoms with Crippen molar-refractivity contribution in [1.82, 2.24) is 0 Å². The number of alkyl halides is 3. The summed E-state index contributed by atoms with van der Waals surface area (Å²) in [6.07, 6.45) is -5.42. The molecule has 1 heterocycles. The molecule has 0 aromatic heterocycles. The molecule has 0 spiro atoms. The number of benzene rings is 1. The van der Waals surface area contributed by atoms with Gasteiger partial charge in [0.05, 0.1) is 29.8 Å².